The van der Waals surface area contributed by atoms with Gasteiger partial charge >= 0.3 is 0 Å². The summed E-state index contributed by atoms with van der Waals surface area (Å²) in [5.74, 6) is 0.447. The third-order valence-corrected chi connectivity index (χ3v) is 6.11. The van der Waals surface area contributed by atoms with Crippen LogP contribution in [0, 0.1) is 0 Å². The van der Waals surface area contributed by atoms with Crippen LogP contribution < -0.4 is 0 Å². The zero-order valence-electron chi connectivity index (χ0n) is 12.3. The van der Waals surface area contributed by atoms with Gasteiger partial charge in [-0.25, -0.2) is 0 Å². The number of rotatable bonds is 0. The lowest BCUT2D eigenvalue weighted by atomic mass is 9.49. The molecule has 112 valence electrons. The fraction of sp³-hybridized carbons (Fsp3) is 0.588. The molecule has 4 heteroatoms. The minimum absolute atomic E-state index is 0.0358. The molecule has 2 fully saturated rings. The number of aliphatic hydroxyl groups is 1. The highest BCUT2D eigenvalue weighted by molar-refractivity contribution is 5.82. The first-order valence-corrected chi connectivity index (χ1v) is 7.74. The molecule has 4 rings (SSSR count). The molecule has 1 saturated carbocycles. The predicted octanol–water partition coefficient (Wildman–Crippen LogP) is 1.37. The molecule has 1 heterocycles. The number of fused-ring (bicyclic) bond motifs is 1. The largest absolute Gasteiger partial charge is 0.508 e. The summed E-state index contributed by atoms with van der Waals surface area (Å²) in [5, 5.41) is 21.9. The van der Waals surface area contributed by atoms with Crippen LogP contribution >= 0.6 is 0 Å². The quantitative estimate of drug-likeness (QED) is 0.757. The van der Waals surface area contributed by atoms with Crippen LogP contribution in [0.4, 0.5) is 0 Å². The predicted molar refractivity (Wildman–Crippen MR) is 78.3 cm³/mol. The van der Waals surface area contributed by atoms with Gasteiger partial charge in [0.15, 0.2) is 0 Å². The number of hydrogen-bond donors (Lipinski definition) is 2. The monoisotopic (exact) mass is 287 g/mol. The third kappa shape index (κ3) is 1.49. The molecule has 1 unspecified atom stereocenters. The molecular weight excluding hydrogens is 266 g/mol. The summed E-state index contributed by atoms with van der Waals surface area (Å²) < 4.78 is 0. The first-order valence-electron chi connectivity index (χ1n) is 7.74. The van der Waals surface area contributed by atoms with E-state index >= 15 is 0 Å². The summed E-state index contributed by atoms with van der Waals surface area (Å²) >= 11 is 0. The number of Topliss-reactive ketones (excluding diaryl/α,β-unsaturated/α-hetero) is 1. The van der Waals surface area contributed by atoms with Crippen LogP contribution in [0.3, 0.4) is 0 Å². The topological polar surface area (TPSA) is 60.8 Å². The number of aromatic hydroxyl groups is 1. The van der Waals surface area contributed by atoms with Crippen LogP contribution in [0.1, 0.15) is 36.8 Å². The van der Waals surface area contributed by atoms with Gasteiger partial charge in [-0.15, -0.1) is 0 Å². The van der Waals surface area contributed by atoms with Gasteiger partial charge in [0, 0.05) is 29.9 Å². The van der Waals surface area contributed by atoms with Crippen molar-refractivity contribution in [2.24, 2.45) is 0 Å². The van der Waals surface area contributed by atoms with Crippen LogP contribution in [-0.2, 0) is 16.6 Å². The van der Waals surface area contributed by atoms with Gasteiger partial charge in [-0.3, -0.25) is 4.79 Å². The standard InChI is InChI=1S/C17H21NO3/c1-18-8-7-16-10-12(19)5-6-17(16,21)14(18)9-11-3-2-4-13(20)15(11)16/h2-4,14,20-21H,5-10H2,1H3/t14-,16-,17?/m1/s1. The molecule has 1 aliphatic heterocycles. The van der Waals surface area contributed by atoms with Crippen molar-refractivity contribution in [3.63, 3.8) is 0 Å². The molecule has 0 aromatic heterocycles. The first kappa shape index (κ1) is 13.3. The summed E-state index contributed by atoms with van der Waals surface area (Å²) in [7, 11) is 2.05. The molecule has 2 bridgehead atoms. The third-order valence-electron chi connectivity index (χ3n) is 6.11. The Morgan fingerprint density at radius 1 is 1.33 bits per heavy atom. The van der Waals surface area contributed by atoms with Gasteiger partial charge in [-0.1, -0.05) is 12.1 Å². The Morgan fingerprint density at radius 3 is 2.95 bits per heavy atom. The van der Waals surface area contributed by atoms with Gasteiger partial charge in [0.1, 0.15) is 11.5 Å². The molecule has 3 atom stereocenters. The molecule has 0 amide bonds. The number of likely N-dealkylation sites (tertiary alicyclic amines) is 1. The maximum absolute atomic E-state index is 12.2. The number of ketones is 1. The number of hydrogen-bond acceptors (Lipinski definition) is 4. The Balaban J connectivity index is 2.01. The highest BCUT2D eigenvalue weighted by Gasteiger charge is 2.64. The average molecular weight is 287 g/mol. The minimum atomic E-state index is -0.903. The summed E-state index contributed by atoms with van der Waals surface area (Å²) in [5.41, 5.74) is 0.425. The molecule has 1 aromatic carbocycles. The second-order valence-electron chi connectivity index (χ2n) is 6.98. The van der Waals surface area contributed by atoms with E-state index in [2.05, 4.69) is 11.9 Å². The summed E-state index contributed by atoms with van der Waals surface area (Å²) in [4.78, 5) is 14.4. The average Bonchev–Trinajstić information content (AvgIpc) is 2.44. The number of benzene rings is 1. The Labute approximate surface area is 124 Å². The number of carbonyl (C=O) groups is 1. The van der Waals surface area contributed by atoms with Gasteiger partial charge in [-0.2, -0.15) is 0 Å². The SMILES string of the molecule is CN1CC[C@]23CC(=O)CCC2(O)[C@H]1Cc1cccc(O)c13. The van der Waals surface area contributed by atoms with Crippen LogP contribution in [0.2, 0.25) is 0 Å². The molecular formula is C17H21NO3. The zero-order chi connectivity index (χ0) is 14.8. The fourth-order valence-corrected chi connectivity index (χ4v) is 5.10. The fourth-order valence-electron chi connectivity index (χ4n) is 5.10. The smallest absolute Gasteiger partial charge is 0.134 e. The van der Waals surface area contributed by atoms with Crippen molar-refractivity contribution in [3.05, 3.63) is 29.3 Å². The molecule has 2 aliphatic carbocycles. The zero-order valence-corrected chi connectivity index (χ0v) is 12.3. The van der Waals surface area contributed by atoms with E-state index in [0.717, 1.165) is 30.5 Å². The van der Waals surface area contributed by atoms with Gasteiger partial charge in [0.25, 0.3) is 0 Å². The lowest BCUT2D eigenvalue weighted by molar-refractivity contribution is -0.169. The first-order chi connectivity index (χ1) is 9.98. The highest BCUT2D eigenvalue weighted by atomic mass is 16.3. The van der Waals surface area contributed by atoms with Crippen LogP contribution in [0.25, 0.3) is 0 Å². The normalized spacial score (nSPS) is 38.8. The van der Waals surface area contributed by atoms with Crippen molar-refractivity contribution in [3.8, 4) is 5.75 Å². The van der Waals surface area contributed by atoms with Crippen LogP contribution in [-0.4, -0.2) is 46.1 Å². The molecule has 21 heavy (non-hydrogen) atoms. The second-order valence-corrected chi connectivity index (χ2v) is 6.98. The molecule has 2 N–H and O–H groups in total. The summed E-state index contributed by atoms with van der Waals surface area (Å²) in [6.07, 6.45) is 2.79. The lowest BCUT2D eigenvalue weighted by Crippen LogP contribution is -2.72. The van der Waals surface area contributed by atoms with Crippen LogP contribution in [0.5, 0.6) is 5.75 Å². The van der Waals surface area contributed by atoms with Crippen molar-refractivity contribution in [1.29, 1.82) is 0 Å². The van der Waals surface area contributed by atoms with E-state index in [-0.39, 0.29) is 17.6 Å². The highest BCUT2D eigenvalue weighted by Crippen LogP contribution is 2.58. The Kier molecular flexibility index (Phi) is 2.58. The number of nitrogens with zero attached hydrogens (tertiary/aromatic N) is 1. The van der Waals surface area contributed by atoms with Crippen molar-refractivity contribution >= 4 is 5.78 Å². The molecule has 1 saturated heterocycles. The molecule has 4 nitrogen and oxygen atoms in total. The number of carbonyl (C=O) groups excluding carboxylic acids is 1. The molecule has 0 spiro atoms. The Hall–Kier alpha value is -1.39. The van der Waals surface area contributed by atoms with Gasteiger partial charge < -0.3 is 15.1 Å². The van der Waals surface area contributed by atoms with Crippen LogP contribution in [0.15, 0.2) is 18.2 Å². The van der Waals surface area contributed by atoms with E-state index < -0.39 is 11.0 Å². The minimum Gasteiger partial charge on any atom is -0.508 e. The number of phenolic OH excluding ortho intramolecular Hbond substituents is 1. The Bertz CT molecular complexity index is 628. The summed E-state index contributed by atoms with van der Waals surface area (Å²) in [6, 6.07) is 5.61. The Morgan fingerprint density at radius 2 is 2.14 bits per heavy atom. The van der Waals surface area contributed by atoms with Gasteiger partial charge in [0.05, 0.1) is 5.60 Å². The molecule has 1 aromatic rings. The molecule has 0 radical (unpaired) electrons. The van der Waals surface area contributed by atoms with Gasteiger partial charge in [-0.05, 0) is 44.5 Å². The maximum atomic E-state index is 12.2. The summed E-state index contributed by atoms with van der Waals surface area (Å²) in [6.45, 7) is 0.855. The van der Waals surface area contributed by atoms with Gasteiger partial charge in [0.2, 0.25) is 0 Å². The van der Waals surface area contributed by atoms with E-state index in [1.165, 1.54) is 0 Å². The van der Waals surface area contributed by atoms with Crippen molar-refractivity contribution < 1.29 is 15.0 Å². The number of piperidine rings is 1. The van der Waals surface area contributed by atoms with Crippen molar-refractivity contribution in [2.75, 3.05) is 13.6 Å². The molecule has 3 aliphatic rings. The second kappa shape index (κ2) is 4.08. The van der Waals surface area contributed by atoms with E-state index in [0.29, 0.717) is 19.3 Å². The maximum Gasteiger partial charge on any atom is 0.134 e. The lowest BCUT2D eigenvalue weighted by Gasteiger charge is -2.62. The number of likely N-dealkylation sites (N-methyl/N-ethyl adjacent to an activating group) is 1. The van der Waals surface area contributed by atoms with E-state index in [1.54, 1.807) is 6.07 Å². The van der Waals surface area contributed by atoms with Crippen molar-refractivity contribution in [1.82, 2.24) is 4.90 Å². The number of phenols is 1. The van der Waals surface area contributed by atoms with E-state index in [9.17, 15) is 15.0 Å². The van der Waals surface area contributed by atoms with Crippen molar-refractivity contribution in [2.45, 2.75) is 49.2 Å². The van der Waals surface area contributed by atoms with E-state index in [4.69, 9.17) is 0 Å². The van der Waals surface area contributed by atoms with E-state index in [1.807, 2.05) is 12.1 Å².